The van der Waals surface area contributed by atoms with Crippen LogP contribution in [0.4, 0.5) is 8.78 Å². The first kappa shape index (κ1) is 13.7. The molecule has 0 spiro atoms. The monoisotopic (exact) mass is 271 g/mol. The van der Waals surface area contributed by atoms with Crippen molar-refractivity contribution in [1.82, 2.24) is 5.32 Å². The van der Waals surface area contributed by atoms with E-state index in [0.29, 0.717) is 6.07 Å². The third-order valence-corrected chi connectivity index (χ3v) is 2.98. The molecule has 19 heavy (non-hydrogen) atoms. The number of nitrogens with one attached hydrogen (secondary N) is 1. The van der Waals surface area contributed by atoms with Crippen LogP contribution in [0.2, 0.25) is 0 Å². The fourth-order valence-electron chi connectivity index (χ4n) is 1.66. The van der Waals surface area contributed by atoms with Crippen LogP contribution < -0.4 is 10.1 Å². The Balaban J connectivity index is 2.03. The molecule has 0 aromatic heterocycles. The predicted octanol–water partition coefficient (Wildman–Crippen LogP) is 1.94. The van der Waals surface area contributed by atoms with E-state index in [9.17, 15) is 18.7 Å². The molecule has 1 atom stereocenters. The van der Waals surface area contributed by atoms with Gasteiger partial charge >= 0.3 is 5.97 Å². The van der Waals surface area contributed by atoms with Crippen molar-refractivity contribution in [1.29, 1.82) is 0 Å². The van der Waals surface area contributed by atoms with Crippen LogP contribution in [0.3, 0.4) is 0 Å². The largest absolute Gasteiger partial charge is 0.488 e. The summed E-state index contributed by atoms with van der Waals surface area (Å²) in [5, 5.41) is 12.2. The first-order chi connectivity index (χ1) is 8.90. The highest BCUT2D eigenvalue weighted by Gasteiger charge is 2.39. The lowest BCUT2D eigenvalue weighted by molar-refractivity contribution is -0.145. The first-order valence-corrected chi connectivity index (χ1v) is 6.00. The summed E-state index contributed by atoms with van der Waals surface area (Å²) in [6.45, 7) is 1.25. The number of hydrogen-bond donors (Lipinski definition) is 2. The van der Waals surface area contributed by atoms with E-state index in [1.807, 2.05) is 0 Å². The third-order valence-electron chi connectivity index (χ3n) is 2.98. The molecule has 2 rings (SSSR count). The number of ether oxygens (including phenoxy) is 1. The molecule has 1 aromatic carbocycles. The molecular weight excluding hydrogens is 256 g/mol. The highest BCUT2D eigenvalue weighted by atomic mass is 19.1. The Morgan fingerprint density at radius 3 is 2.74 bits per heavy atom. The van der Waals surface area contributed by atoms with Crippen molar-refractivity contribution in [2.75, 3.05) is 6.61 Å². The summed E-state index contributed by atoms with van der Waals surface area (Å²) in [7, 11) is 0. The number of carbonyl (C=O) groups is 1. The van der Waals surface area contributed by atoms with Gasteiger partial charge in [0.05, 0.1) is 0 Å². The van der Waals surface area contributed by atoms with E-state index in [1.54, 1.807) is 0 Å². The van der Waals surface area contributed by atoms with Crippen LogP contribution in [0.15, 0.2) is 18.2 Å². The second kappa shape index (κ2) is 5.13. The van der Waals surface area contributed by atoms with E-state index in [2.05, 4.69) is 5.32 Å². The van der Waals surface area contributed by atoms with Gasteiger partial charge in [-0.05, 0) is 31.9 Å². The molecule has 0 heterocycles. The van der Waals surface area contributed by atoms with Gasteiger partial charge in [0.15, 0.2) is 11.6 Å². The van der Waals surface area contributed by atoms with Crippen molar-refractivity contribution in [3.8, 4) is 5.75 Å². The predicted molar refractivity (Wildman–Crippen MR) is 64.1 cm³/mol. The first-order valence-electron chi connectivity index (χ1n) is 6.00. The van der Waals surface area contributed by atoms with Crippen LogP contribution in [0.1, 0.15) is 19.8 Å². The molecule has 1 aliphatic carbocycles. The van der Waals surface area contributed by atoms with E-state index in [-0.39, 0.29) is 18.4 Å². The Morgan fingerprint density at radius 1 is 1.53 bits per heavy atom. The maximum absolute atomic E-state index is 13.4. The van der Waals surface area contributed by atoms with E-state index in [4.69, 9.17) is 4.74 Å². The van der Waals surface area contributed by atoms with Gasteiger partial charge in [0, 0.05) is 12.1 Å². The van der Waals surface area contributed by atoms with E-state index >= 15 is 0 Å². The molecule has 0 amide bonds. The van der Waals surface area contributed by atoms with Crippen molar-refractivity contribution in [3.63, 3.8) is 0 Å². The second-order valence-electron chi connectivity index (χ2n) is 4.92. The van der Waals surface area contributed by atoms with Crippen LogP contribution in [-0.2, 0) is 4.79 Å². The molecule has 1 unspecified atom stereocenters. The minimum Gasteiger partial charge on any atom is -0.488 e. The average molecular weight is 271 g/mol. The van der Waals surface area contributed by atoms with Gasteiger partial charge in [-0.15, -0.1) is 0 Å². The highest BCUT2D eigenvalue weighted by molar-refractivity contribution is 5.78. The fourth-order valence-corrected chi connectivity index (χ4v) is 1.66. The van der Waals surface area contributed by atoms with Crippen LogP contribution in [0, 0.1) is 11.6 Å². The number of benzene rings is 1. The molecule has 4 nitrogen and oxygen atoms in total. The molecule has 2 N–H and O–H groups in total. The molecule has 104 valence electrons. The van der Waals surface area contributed by atoms with Gasteiger partial charge in [-0.2, -0.15) is 0 Å². The summed E-state index contributed by atoms with van der Waals surface area (Å²) >= 11 is 0. The van der Waals surface area contributed by atoms with Crippen molar-refractivity contribution >= 4 is 5.97 Å². The number of rotatable bonds is 6. The maximum Gasteiger partial charge on any atom is 0.327 e. The molecular formula is C13H15F2NO3. The summed E-state index contributed by atoms with van der Waals surface area (Å²) in [4.78, 5) is 11.2. The van der Waals surface area contributed by atoms with Gasteiger partial charge in [0.25, 0.3) is 0 Å². The van der Waals surface area contributed by atoms with Gasteiger partial charge in [-0.3, -0.25) is 10.1 Å². The van der Waals surface area contributed by atoms with Crippen LogP contribution in [0.5, 0.6) is 5.75 Å². The van der Waals surface area contributed by atoms with Crippen molar-refractivity contribution < 1.29 is 23.4 Å². The lowest BCUT2D eigenvalue weighted by Gasteiger charge is -2.26. The Hall–Kier alpha value is -1.69. The van der Waals surface area contributed by atoms with Gasteiger partial charge in [0.2, 0.25) is 0 Å². The molecule has 1 aliphatic rings. The number of halogens is 2. The van der Waals surface area contributed by atoms with Crippen LogP contribution in [0.25, 0.3) is 0 Å². The Labute approximate surface area is 109 Å². The molecule has 0 saturated heterocycles. The lowest BCUT2D eigenvalue weighted by atomic mass is 10.0. The molecule has 0 bridgehead atoms. The van der Waals surface area contributed by atoms with Gasteiger partial charge in [-0.1, -0.05) is 0 Å². The number of hydrogen-bond acceptors (Lipinski definition) is 3. The molecule has 0 aliphatic heterocycles. The smallest absolute Gasteiger partial charge is 0.327 e. The zero-order valence-electron chi connectivity index (χ0n) is 10.5. The molecule has 1 saturated carbocycles. The molecule has 1 aromatic rings. The second-order valence-corrected chi connectivity index (χ2v) is 4.92. The summed E-state index contributed by atoms with van der Waals surface area (Å²) in [6, 6.07) is 3.07. The number of carboxylic acid groups (broad SMARTS) is 1. The summed E-state index contributed by atoms with van der Waals surface area (Å²) in [6.07, 6.45) is 1.85. The third kappa shape index (κ3) is 3.41. The zero-order valence-corrected chi connectivity index (χ0v) is 10.5. The Morgan fingerprint density at radius 2 is 2.21 bits per heavy atom. The highest BCUT2D eigenvalue weighted by Crippen LogP contribution is 2.24. The molecule has 6 heteroatoms. The van der Waals surface area contributed by atoms with Crippen molar-refractivity contribution in [3.05, 3.63) is 29.8 Å². The van der Waals surface area contributed by atoms with E-state index < -0.39 is 23.1 Å². The minimum absolute atomic E-state index is 0.161. The van der Waals surface area contributed by atoms with Gasteiger partial charge in [-0.25, -0.2) is 8.78 Å². The Bertz CT molecular complexity index is 491. The van der Waals surface area contributed by atoms with E-state index in [0.717, 1.165) is 25.0 Å². The maximum atomic E-state index is 13.4. The lowest BCUT2D eigenvalue weighted by Crippen LogP contribution is -2.54. The minimum atomic E-state index is -1.29. The summed E-state index contributed by atoms with van der Waals surface area (Å²) in [5.74, 6) is -2.78. The van der Waals surface area contributed by atoms with Crippen molar-refractivity contribution in [2.45, 2.75) is 31.3 Å². The summed E-state index contributed by atoms with van der Waals surface area (Å²) in [5.41, 5.74) is -1.29. The van der Waals surface area contributed by atoms with E-state index in [1.165, 1.54) is 6.92 Å². The van der Waals surface area contributed by atoms with Gasteiger partial charge in [0.1, 0.15) is 18.0 Å². The quantitative estimate of drug-likeness (QED) is 0.830. The van der Waals surface area contributed by atoms with Gasteiger partial charge < -0.3 is 9.84 Å². The Kier molecular flexibility index (Phi) is 3.71. The molecule has 0 radical (unpaired) electrons. The van der Waals surface area contributed by atoms with Crippen molar-refractivity contribution in [2.24, 2.45) is 0 Å². The molecule has 1 fully saturated rings. The number of carboxylic acids is 1. The SMILES string of the molecule is CC(COc1ccc(F)cc1F)(NC1CC1)C(=O)O. The van der Waals surface area contributed by atoms with Crippen LogP contribution in [-0.4, -0.2) is 29.3 Å². The fraction of sp³-hybridized carbons (Fsp3) is 0.462. The number of aliphatic carboxylic acids is 1. The zero-order chi connectivity index (χ0) is 14.0. The normalized spacial score (nSPS) is 17.8. The standard InChI is InChI=1S/C13H15F2NO3/c1-13(12(17)18,16-9-3-4-9)7-19-11-5-2-8(14)6-10(11)15/h2,5-6,9,16H,3-4,7H2,1H3,(H,17,18). The topological polar surface area (TPSA) is 58.6 Å². The van der Waals surface area contributed by atoms with Crippen LogP contribution >= 0.6 is 0 Å². The summed E-state index contributed by atoms with van der Waals surface area (Å²) < 4.78 is 31.3. The average Bonchev–Trinajstić information content (AvgIpc) is 3.11.